The molecule has 1 aliphatic carbocycles. The van der Waals surface area contributed by atoms with Gasteiger partial charge in [0.25, 0.3) is 5.91 Å². The lowest BCUT2D eigenvalue weighted by Gasteiger charge is -2.15. The van der Waals surface area contributed by atoms with Crippen LogP contribution in [-0.4, -0.2) is 60.2 Å². The summed E-state index contributed by atoms with van der Waals surface area (Å²) < 4.78 is 1.60. The summed E-state index contributed by atoms with van der Waals surface area (Å²) in [6.07, 6.45) is 4.63. The van der Waals surface area contributed by atoms with Crippen molar-refractivity contribution in [2.24, 2.45) is 13.0 Å². The van der Waals surface area contributed by atoms with Gasteiger partial charge in [-0.05, 0) is 25.2 Å². The Bertz CT molecular complexity index is 826. The molecule has 2 aromatic heterocycles. The van der Waals surface area contributed by atoms with Gasteiger partial charge in [-0.3, -0.25) is 19.4 Å². The maximum absolute atomic E-state index is 12.9. The molecule has 2 aromatic rings. The van der Waals surface area contributed by atoms with Crippen molar-refractivity contribution in [2.75, 3.05) is 13.1 Å². The molecule has 0 aromatic carbocycles. The van der Waals surface area contributed by atoms with E-state index in [9.17, 15) is 14.7 Å². The predicted molar refractivity (Wildman–Crippen MR) is 86.0 cm³/mol. The minimum atomic E-state index is -0.867. The number of carbonyl (C=O) groups excluding carboxylic acids is 1. The largest absolute Gasteiger partial charge is 0.481 e. The molecular weight excluding hydrogens is 324 g/mol. The Labute approximate surface area is 144 Å². The molecule has 0 radical (unpaired) electrons. The summed E-state index contributed by atoms with van der Waals surface area (Å²) >= 11 is 0. The first-order valence-corrected chi connectivity index (χ1v) is 8.46. The highest BCUT2D eigenvalue weighted by Gasteiger charge is 2.40. The van der Waals surface area contributed by atoms with Crippen LogP contribution < -0.4 is 0 Å². The van der Waals surface area contributed by atoms with E-state index in [1.165, 1.54) is 0 Å². The highest BCUT2D eigenvalue weighted by molar-refractivity contribution is 5.94. The summed E-state index contributed by atoms with van der Waals surface area (Å²) in [6.45, 7) is 0.838. The number of aromatic amines is 1. The van der Waals surface area contributed by atoms with Crippen LogP contribution in [0.2, 0.25) is 0 Å². The van der Waals surface area contributed by atoms with Crippen LogP contribution in [0.4, 0.5) is 0 Å². The molecule has 0 spiro atoms. The molecule has 1 amide bonds. The van der Waals surface area contributed by atoms with Crippen molar-refractivity contribution < 1.29 is 14.7 Å². The molecule has 2 atom stereocenters. The van der Waals surface area contributed by atoms with Crippen molar-refractivity contribution in [1.82, 2.24) is 30.1 Å². The van der Waals surface area contributed by atoms with Gasteiger partial charge in [-0.15, -0.1) is 5.10 Å². The van der Waals surface area contributed by atoms with Crippen LogP contribution in [0.15, 0.2) is 6.20 Å². The third-order valence-electron chi connectivity index (χ3n) is 5.17. The fraction of sp³-hybridized carbons (Fsp3) is 0.562. The normalized spacial score (nSPS) is 22.4. The Balaban J connectivity index is 1.58. The lowest BCUT2D eigenvalue weighted by molar-refractivity contribution is -0.138. The molecule has 9 heteroatoms. The van der Waals surface area contributed by atoms with Crippen LogP contribution in [0.3, 0.4) is 0 Å². The molecule has 2 N–H and O–H groups in total. The number of carboxylic acids is 1. The van der Waals surface area contributed by atoms with Gasteiger partial charge in [-0.2, -0.15) is 5.10 Å². The van der Waals surface area contributed by atoms with E-state index in [2.05, 4.69) is 20.5 Å². The van der Waals surface area contributed by atoms with Gasteiger partial charge in [0.2, 0.25) is 0 Å². The monoisotopic (exact) mass is 344 g/mol. The number of hydrogen-bond donors (Lipinski definition) is 2. The van der Waals surface area contributed by atoms with Crippen LogP contribution in [-0.2, 0) is 24.7 Å². The first-order chi connectivity index (χ1) is 12.0. The first-order valence-electron chi connectivity index (χ1n) is 8.46. The van der Waals surface area contributed by atoms with Crippen LogP contribution in [0, 0.1) is 5.92 Å². The van der Waals surface area contributed by atoms with Gasteiger partial charge in [-0.25, -0.2) is 0 Å². The smallest absolute Gasteiger partial charge is 0.303 e. The molecule has 0 unspecified atom stereocenters. The van der Waals surface area contributed by atoms with Gasteiger partial charge in [0.1, 0.15) is 0 Å². The van der Waals surface area contributed by atoms with Crippen molar-refractivity contribution in [2.45, 2.75) is 31.6 Å². The summed E-state index contributed by atoms with van der Waals surface area (Å²) in [7, 11) is 1.77. The molecule has 2 aliphatic rings. The third kappa shape index (κ3) is 2.79. The molecule has 9 nitrogen and oxygen atoms in total. The first kappa shape index (κ1) is 15.8. The van der Waals surface area contributed by atoms with Crippen LogP contribution in [0.5, 0.6) is 0 Å². The summed E-state index contributed by atoms with van der Waals surface area (Å²) in [5.74, 6) is -1.29. The van der Waals surface area contributed by atoms with Crippen molar-refractivity contribution in [3.63, 3.8) is 0 Å². The molecule has 1 saturated heterocycles. The number of carboxylic acid groups (broad SMARTS) is 1. The Morgan fingerprint density at radius 1 is 1.36 bits per heavy atom. The molecule has 3 heterocycles. The SMILES string of the molecule is Cn1cc([C@H]2CN(C(=O)c3n[nH]c4c3CCC4)C[C@H]2CC(=O)O)nn1. The Morgan fingerprint density at radius 2 is 2.20 bits per heavy atom. The van der Waals surface area contributed by atoms with Gasteiger partial charge in [-0.1, -0.05) is 5.21 Å². The zero-order chi connectivity index (χ0) is 17.6. The molecule has 25 heavy (non-hydrogen) atoms. The topological polar surface area (TPSA) is 117 Å². The van der Waals surface area contributed by atoms with Crippen molar-refractivity contribution in [3.8, 4) is 0 Å². The highest BCUT2D eigenvalue weighted by atomic mass is 16.4. The Hall–Kier alpha value is -2.71. The summed E-state index contributed by atoms with van der Waals surface area (Å²) in [6, 6.07) is 0. The Kier molecular flexibility index (Phi) is 3.78. The van der Waals surface area contributed by atoms with Crippen LogP contribution in [0.1, 0.15) is 46.2 Å². The fourth-order valence-electron chi connectivity index (χ4n) is 3.98. The van der Waals surface area contributed by atoms with Crippen LogP contribution in [0.25, 0.3) is 0 Å². The van der Waals surface area contributed by atoms with E-state index < -0.39 is 5.97 Å². The minimum absolute atomic E-state index is 0.00366. The lowest BCUT2D eigenvalue weighted by atomic mass is 9.91. The molecule has 132 valence electrons. The van der Waals surface area contributed by atoms with E-state index in [1.54, 1.807) is 22.8 Å². The molecular formula is C16H20N6O3. The number of hydrogen-bond acceptors (Lipinski definition) is 5. The lowest BCUT2D eigenvalue weighted by Crippen LogP contribution is -2.30. The van der Waals surface area contributed by atoms with Crippen molar-refractivity contribution in [3.05, 3.63) is 28.8 Å². The summed E-state index contributed by atoms with van der Waals surface area (Å²) in [5.41, 5.74) is 3.29. The second-order valence-corrected chi connectivity index (χ2v) is 6.87. The second kappa shape index (κ2) is 5.98. The van der Waals surface area contributed by atoms with Gasteiger partial charge >= 0.3 is 5.97 Å². The number of aliphatic carboxylic acids is 1. The molecule has 1 fully saturated rings. The predicted octanol–water partition coefficient (Wildman–Crippen LogP) is 0.357. The zero-order valence-electron chi connectivity index (χ0n) is 14.0. The number of amides is 1. The van der Waals surface area contributed by atoms with E-state index in [-0.39, 0.29) is 24.2 Å². The van der Waals surface area contributed by atoms with Crippen LogP contribution >= 0.6 is 0 Å². The Morgan fingerprint density at radius 3 is 2.92 bits per heavy atom. The maximum atomic E-state index is 12.9. The second-order valence-electron chi connectivity index (χ2n) is 6.87. The summed E-state index contributed by atoms with van der Waals surface area (Å²) in [5, 5.41) is 24.5. The van der Waals surface area contributed by atoms with Gasteiger partial charge in [0, 0.05) is 43.5 Å². The van der Waals surface area contributed by atoms with Gasteiger partial charge in [0.05, 0.1) is 12.1 Å². The standard InChI is InChI=1S/C16H20N6O3/c1-21-8-13(18-20-21)11-7-22(6-9(11)5-14(23)24)16(25)15-10-3-2-4-12(10)17-19-15/h8-9,11H,2-7H2,1H3,(H,17,19)(H,23,24)/t9-,11+/m1/s1. The van der Waals surface area contributed by atoms with Gasteiger partial charge in [0.15, 0.2) is 5.69 Å². The molecule has 1 aliphatic heterocycles. The average molecular weight is 344 g/mol. The van der Waals surface area contributed by atoms with Crippen molar-refractivity contribution >= 4 is 11.9 Å². The number of carbonyl (C=O) groups is 2. The number of fused-ring (bicyclic) bond motifs is 1. The average Bonchev–Trinajstić information content (AvgIpc) is 3.28. The minimum Gasteiger partial charge on any atom is -0.481 e. The number of aryl methyl sites for hydroxylation is 2. The summed E-state index contributed by atoms with van der Waals surface area (Å²) in [4.78, 5) is 25.9. The fourth-order valence-corrected chi connectivity index (χ4v) is 3.98. The number of likely N-dealkylation sites (tertiary alicyclic amines) is 1. The quantitative estimate of drug-likeness (QED) is 0.827. The molecule has 0 bridgehead atoms. The number of nitrogens with one attached hydrogen (secondary N) is 1. The number of nitrogens with zero attached hydrogens (tertiary/aromatic N) is 5. The highest BCUT2D eigenvalue weighted by Crippen LogP contribution is 2.35. The third-order valence-corrected chi connectivity index (χ3v) is 5.17. The van der Waals surface area contributed by atoms with E-state index in [4.69, 9.17) is 0 Å². The van der Waals surface area contributed by atoms with Crippen molar-refractivity contribution in [1.29, 1.82) is 0 Å². The zero-order valence-corrected chi connectivity index (χ0v) is 14.0. The number of aromatic nitrogens is 5. The van der Waals surface area contributed by atoms with E-state index in [0.29, 0.717) is 18.8 Å². The van der Waals surface area contributed by atoms with E-state index in [1.807, 2.05) is 0 Å². The maximum Gasteiger partial charge on any atom is 0.303 e. The number of H-pyrrole nitrogens is 1. The molecule has 0 saturated carbocycles. The van der Waals surface area contributed by atoms with Gasteiger partial charge < -0.3 is 10.0 Å². The molecule has 4 rings (SSSR count). The number of rotatable bonds is 4. The van der Waals surface area contributed by atoms with E-state index in [0.717, 1.165) is 36.2 Å². The van der Waals surface area contributed by atoms with E-state index >= 15 is 0 Å².